The fourth-order valence-electron chi connectivity index (χ4n) is 1.04. The van der Waals surface area contributed by atoms with E-state index in [1.165, 1.54) is 0 Å². The van der Waals surface area contributed by atoms with Gasteiger partial charge in [0.1, 0.15) is 10.7 Å². The highest BCUT2D eigenvalue weighted by molar-refractivity contribution is 7.16. The van der Waals surface area contributed by atoms with Crippen LogP contribution >= 0.6 is 11.3 Å². The molecular weight excluding hydrogens is 170 g/mol. The number of hydrogen-bond donors (Lipinski definition) is 1. The van der Waals surface area contributed by atoms with E-state index >= 15 is 0 Å². The summed E-state index contributed by atoms with van der Waals surface area (Å²) in [6.07, 6.45) is 2.61. The molecule has 2 aromatic rings. The second-order valence-corrected chi connectivity index (χ2v) is 3.40. The van der Waals surface area contributed by atoms with Gasteiger partial charge in [-0.25, -0.2) is 9.97 Å². The lowest BCUT2D eigenvalue weighted by molar-refractivity contribution is 0.881. The molecule has 0 radical (unpaired) electrons. The summed E-state index contributed by atoms with van der Waals surface area (Å²) in [4.78, 5) is 9.59. The summed E-state index contributed by atoms with van der Waals surface area (Å²) in [5, 5.41) is 3.13. The Balaban J connectivity index is 2.46. The highest BCUT2D eigenvalue weighted by Crippen LogP contribution is 2.16. The van der Waals surface area contributed by atoms with Crippen LogP contribution < -0.4 is 5.73 Å². The van der Waals surface area contributed by atoms with Gasteiger partial charge >= 0.3 is 0 Å². The van der Waals surface area contributed by atoms with Crippen LogP contribution in [0.5, 0.6) is 0 Å². The third-order valence-corrected chi connectivity index (χ3v) is 2.45. The zero-order chi connectivity index (χ0) is 8.39. The van der Waals surface area contributed by atoms with Crippen molar-refractivity contribution in [3.8, 4) is 0 Å². The number of fused-ring (bicyclic) bond motifs is 1. The van der Waals surface area contributed by atoms with Gasteiger partial charge in [-0.15, -0.1) is 11.3 Å². The SMILES string of the molecule is NCCc1ncc2ccsc2n1. The van der Waals surface area contributed by atoms with Crippen molar-refractivity contribution < 1.29 is 0 Å². The fourth-order valence-corrected chi connectivity index (χ4v) is 1.80. The predicted octanol–water partition coefficient (Wildman–Crippen LogP) is 1.19. The highest BCUT2D eigenvalue weighted by Gasteiger charge is 1.98. The van der Waals surface area contributed by atoms with Gasteiger partial charge in [0.05, 0.1) is 0 Å². The van der Waals surface area contributed by atoms with Crippen molar-refractivity contribution in [2.75, 3.05) is 6.54 Å². The minimum absolute atomic E-state index is 0.608. The van der Waals surface area contributed by atoms with Crippen molar-refractivity contribution in [2.45, 2.75) is 6.42 Å². The lowest BCUT2D eigenvalue weighted by Gasteiger charge is -1.95. The first-order chi connectivity index (χ1) is 5.90. The second kappa shape index (κ2) is 3.16. The molecule has 4 heteroatoms. The van der Waals surface area contributed by atoms with Crippen LogP contribution in [-0.2, 0) is 6.42 Å². The molecule has 2 rings (SSSR count). The van der Waals surface area contributed by atoms with Crippen molar-refractivity contribution in [2.24, 2.45) is 5.73 Å². The van der Waals surface area contributed by atoms with Crippen LogP contribution in [0.25, 0.3) is 10.2 Å². The van der Waals surface area contributed by atoms with Crippen LogP contribution in [0.4, 0.5) is 0 Å². The van der Waals surface area contributed by atoms with Crippen molar-refractivity contribution >= 4 is 21.6 Å². The van der Waals surface area contributed by atoms with E-state index in [-0.39, 0.29) is 0 Å². The van der Waals surface area contributed by atoms with Gasteiger partial charge < -0.3 is 5.73 Å². The number of thiophene rings is 1. The molecule has 0 bridgehead atoms. The summed E-state index contributed by atoms with van der Waals surface area (Å²) in [5.41, 5.74) is 5.40. The van der Waals surface area contributed by atoms with E-state index in [1.807, 2.05) is 17.6 Å². The average Bonchev–Trinajstić information content (AvgIpc) is 2.51. The molecule has 0 fully saturated rings. The van der Waals surface area contributed by atoms with Crippen molar-refractivity contribution in [3.63, 3.8) is 0 Å². The smallest absolute Gasteiger partial charge is 0.131 e. The number of nitrogens with two attached hydrogens (primary N) is 1. The molecular formula is C8H9N3S. The van der Waals surface area contributed by atoms with Gasteiger partial charge in [-0.3, -0.25) is 0 Å². The normalized spacial score (nSPS) is 10.8. The Morgan fingerprint density at radius 3 is 3.25 bits per heavy atom. The first-order valence-corrected chi connectivity index (χ1v) is 4.67. The van der Waals surface area contributed by atoms with Gasteiger partial charge in [0.25, 0.3) is 0 Å². The lowest BCUT2D eigenvalue weighted by atomic mass is 10.4. The molecule has 3 nitrogen and oxygen atoms in total. The molecule has 62 valence electrons. The maximum absolute atomic E-state index is 5.40. The van der Waals surface area contributed by atoms with Crippen molar-refractivity contribution in [1.29, 1.82) is 0 Å². The average molecular weight is 179 g/mol. The standard InChI is InChI=1S/C8H9N3S/c9-3-1-7-10-5-6-2-4-12-8(6)11-7/h2,4-5H,1,3,9H2. The summed E-state index contributed by atoms with van der Waals surface area (Å²) in [5.74, 6) is 0.840. The Kier molecular flexibility index (Phi) is 2.01. The van der Waals surface area contributed by atoms with Gasteiger partial charge in [-0.2, -0.15) is 0 Å². The fraction of sp³-hybridized carbons (Fsp3) is 0.250. The number of rotatable bonds is 2. The van der Waals surface area contributed by atoms with E-state index in [1.54, 1.807) is 11.3 Å². The summed E-state index contributed by atoms with van der Waals surface area (Å²) in [7, 11) is 0. The van der Waals surface area contributed by atoms with Gasteiger partial charge in [-0.05, 0) is 18.0 Å². The second-order valence-electron chi connectivity index (χ2n) is 2.51. The molecule has 0 amide bonds. The molecule has 0 unspecified atom stereocenters. The molecule has 2 heterocycles. The summed E-state index contributed by atoms with van der Waals surface area (Å²) < 4.78 is 0. The molecule has 0 aliphatic carbocycles. The molecule has 0 saturated carbocycles. The summed E-state index contributed by atoms with van der Waals surface area (Å²) in [6, 6.07) is 2.02. The van der Waals surface area contributed by atoms with Crippen molar-refractivity contribution in [1.82, 2.24) is 9.97 Å². The van der Waals surface area contributed by atoms with Gasteiger partial charge in [-0.1, -0.05) is 0 Å². The third-order valence-electron chi connectivity index (χ3n) is 1.63. The van der Waals surface area contributed by atoms with Crippen LogP contribution in [0.3, 0.4) is 0 Å². The zero-order valence-corrected chi connectivity index (χ0v) is 7.34. The Bertz CT molecular complexity index is 382. The minimum Gasteiger partial charge on any atom is -0.330 e. The van der Waals surface area contributed by atoms with Gasteiger partial charge in [0.15, 0.2) is 0 Å². The van der Waals surface area contributed by atoms with Gasteiger partial charge in [0.2, 0.25) is 0 Å². The van der Waals surface area contributed by atoms with E-state index in [9.17, 15) is 0 Å². The minimum atomic E-state index is 0.608. The van der Waals surface area contributed by atoms with Crippen LogP contribution in [0.1, 0.15) is 5.82 Å². The van der Waals surface area contributed by atoms with Crippen LogP contribution in [0, 0.1) is 0 Å². The predicted molar refractivity (Wildman–Crippen MR) is 50.2 cm³/mol. The molecule has 0 atom stereocenters. The monoisotopic (exact) mass is 179 g/mol. The van der Waals surface area contributed by atoms with E-state index in [0.717, 1.165) is 22.5 Å². The first-order valence-electron chi connectivity index (χ1n) is 3.79. The maximum Gasteiger partial charge on any atom is 0.131 e. The maximum atomic E-state index is 5.40. The number of nitrogens with zero attached hydrogens (tertiary/aromatic N) is 2. The molecule has 0 aromatic carbocycles. The number of aromatic nitrogens is 2. The van der Waals surface area contributed by atoms with Gasteiger partial charge in [0, 0.05) is 18.0 Å². The molecule has 0 aliphatic heterocycles. The zero-order valence-electron chi connectivity index (χ0n) is 6.53. The van der Waals surface area contributed by atoms with Crippen LogP contribution in [-0.4, -0.2) is 16.5 Å². The Morgan fingerprint density at radius 2 is 2.42 bits per heavy atom. The molecule has 12 heavy (non-hydrogen) atoms. The van der Waals surface area contributed by atoms with Crippen molar-refractivity contribution in [3.05, 3.63) is 23.5 Å². The van der Waals surface area contributed by atoms with E-state index in [4.69, 9.17) is 5.73 Å². The van der Waals surface area contributed by atoms with E-state index in [2.05, 4.69) is 9.97 Å². The molecule has 0 saturated heterocycles. The lowest BCUT2D eigenvalue weighted by Crippen LogP contribution is -2.05. The molecule has 0 aliphatic rings. The largest absolute Gasteiger partial charge is 0.330 e. The Morgan fingerprint density at radius 1 is 1.50 bits per heavy atom. The quantitative estimate of drug-likeness (QED) is 0.753. The first kappa shape index (κ1) is 7.64. The summed E-state index contributed by atoms with van der Waals surface area (Å²) in [6.45, 7) is 0.608. The van der Waals surface area contributed by atoms with E-state index < -0.39 is 0 Å². The highest BCUT2D eigenvalue weighted by atomic mass is 32.1. The van der Waals surface area contributed by atoms with Crippen LogP contribution in [0.2, 0.25) is 0 Å². The van der Waals surface area contributed by atoms with Crippen LogP contribution in [0.15, 0.2) is 17.6 Å². The molecule has 0 spiro atoms. The Labute approximate surface area is 74.3 Å². The molecule has 2 N–H and O–H groups in total. The summed E-state index contributed by atoms with van der Waals surface area (Å²) >= 11 is 1.64. The van der Waals surface area contributed by atoms with E-state index in [0.29, 0.717) is 6.54 Å². The third kappa shape index (κ3) is 1.31. The number of hydrogen-bond acceptors (Lipinski definition) is 4. The Hall–Kier alpha value is -1.00. The molecule has 2 aromatic heterocycles. The topological polar surface area (TPSA) is 51.8 Å².